The molecule has 0 aliphatic heterocycles. The maximum absolute atomic E-state index is 12.2. The molecule has 0 atom stereocenters. The quantitative estimate of drug-likeness (QED) is 0.395. The summed E-state index contributed by atoms with van der Waals surface area (Å²) in [5.74, 6) is 0.370. The van der Waals surface area contributed by atoms with Crippen LogP contribution in [0.2, 0.25) is 5.02 Å². The van der Waals surface area contributed by atoms with E-state index in [0.29, 0.717) is 16.3 Å². The molecule has 3 rings (SSSR count). The Morgan fingerprint density at radius 2 is 1.89 bits per heavy atom. The van der Waals surface area contributed by atoms with E-state index in [1.54, 1.807) is 55.0 Å². The van der Waals surface area contributed by atoms with Crippen molar-refractivity contribution in [1.82, 2.24) is 15.4 Å². The van der Waals surface area contributed by atoms with Crippen molar-refractivity contribution >= 4 is 29.6 Å². The number of pyridine rings is 2. The molecule has 1 N–H and O–H groups in total. The summed E-state index contributed by atoms with van der Waals surface area (Å²) >= 11 is 6.10. The molecule has 28 heavy (non-hydrogen) atoms. The third kappa shape index (κ3) is 5.72. The number of nitrogens with zero attached hydrogens (tertiary/aromatic N) is 4. The van der Waals surface area contributed by atoms with Gasteiger partial charge in [-0.3, -0.25) is 14.8 Å². The van der Waals surface area contributed by atoms with E-state index in [9.17, 15) is 4.79 Å². The first kappa shape index (κ1) is 19.2. The summed E-state index contributed by atoms with van der Waals surface area (Å²) in [6.45, 7) is 0.0110. The van der Waals surface area contributed by atoms with Crippen LogP contribution in [0.4, 0.5) is 0 Å². The highest BCUT2D eigenvalue weighted by Crippen LogP contribution is 2.22. The average molecular weight is 394 g/mol. The molecule has 8 heteroatoms. The first-order chi connectivity index (χ1) is 13.7. The van der Waals surface area contributed by atoms with Crippen molar-refractivity contribution in [2.45, 2.75) is 0 Å². The molecule has 140 valence electrons. The largest absolute Gasteiger partial charge is 0.484 e. The van der Waals surface area contributed by atoms with Gasteiger partial charge in [0, 0.05) is 42.1 Å². The lowest BCUT2D eigenvalue weighted by atomic mass is 10.3. The normalized spacial score (nSPS) is 11.4. The third-order valence-corrected chi connectivity index (χ3v) is 3.78. The van der Waals surface area contributed by atoms with Gasteiger partial charge >= 0.3 is 0 Å². The molecule has 0 bridgehead atoms. The van der Waals surface area contributed by atoms with E-state index in [0.717, 1.165) is 5.56 Å². The van der Waals surface area contributed by atoms with Gasteiger partial charge in [0.25, 0.3) is 5.91 Å². The van der Waals surface area contributed by atoms with Crippen molar-refractivity contribution in [3.8, 4) is 5.75 Å². The van der Waals surface area contributed by atoms with Crippen LogP contribution in [0.15, 0.2) is 83.4 Å². The predicted molar refractivity (Wildman–Crippen MR) is 108 cm³/mol. The van der Waals surface area contributed by atoms with Gasteiger partial charge in [-0.25, -0.2) is 10.4 Å². The van der Waals surface area contributed by atoms with Crippen molar-refractivity contribution < 1.29 is 9.53 Å². The highest BCUT2D eigenvalue weighted by Gasteiger charge is 2.06. The summed E-state index contributed by atoms with van der Waals surface area (Å²) < 4.78 is 5.67. The van der Waals surface area contributed by atoms with Gasteiger partial charge in [0.15, 0.2) is 5.84 Å². The SMILES string of the molecule is O=C(N/N=C(\COc1ccccc1Cl)N=Cc1cccnc1)c1ccncc1. The van der Waals surface area contributed by atoms with Gasteiger partial charge in [0.1, 0.15) is 12.4 Å². The Labute approximate surface area is 166 Å². The molecule has 0 aliphatic carbocycles. The number of ether oxygens (including phenoxy) is 1. The maximum Gasteiger partial charge on any atom is 0.271 e. The second kappa shape index (κ2) is 9.94. The Kier molecular flexibility index (Phi) is 6.81. The number of aromatic nitrogens is 2. The number of para-hydroxylation sites is 1. The molecule has 0 fully saturated rings. The number of rotatable bonds is 6. The Morgan fingerprint density at radius 1 is 1.07 bits per heavy atom. The van der Waals surface area contributed by atoms with Crippen molar-refractivity contribution in [3.63, 3.8) is 0 Å². The number of amides is 1. The minimum atomic E-state index is -0.380. The zero-order valence-electron chi connectivity index (χ0n) is 14.7. The number of hydrazone groups is 1. The standard InChI is InChI=1S/C20H16ClN5O2/c21-17-5-1-2-6-18(17)28-14-19(24-13-15-4-3-9-23-12-15)25-26-20(27)16-7-10-22-11-8-16/h1-13H,14H2,(H,26,27)/b24-13?,25-19+. The molecule has 0 spiro atoms. The van der Waals surface area contributed by atoms with Gasteiger partial charge in [-0.2, -0.15) is 5.10 Å². The van der Waals surface area contributed by atoms with Gasteiger partial charge in [-0.05, 0) is 30.3 Å². The fraction of sp³-hybridized carbons (Fsp3) is 0.0500. The highest BCUT2D eigenvalue weighted by molar-refractivity contribution is 6.32. The maximum atomic E-state index is 12.2. The van der Waals surface area contributed by atoms with E-state index in [1.807, 2.05) is 12.1 Å². The second-order valence-electron chi connectivity index (χ2n) is 5.47. The first-order valence-electron chi connectivity index (χ1n) is 8.31. The fourth-order valence-corrected chi connectivity index (χ4v) is 2.28. The molecular weight excluding hydrogens is 378 g/mol. The van der Waals surface area contributed by atoms with Crippen LogP contribution in [0.25, 0.3) is 0 Å². The lowest BCUT2D eigenvalue weighted by Crippen LogP contribution is -2.21. The minimum absolute atomic E-state index is 0.0110. The summed E-state index contributed by atoms with van der Waals surface area (Å²) in [5, 5.41) is 4.54. The topological polar surface area (TPSA) is 88.8 Å². The number of amidine groups is 1. The van der Waals surface area contributed by atoms with E-state index in [1.165, 1.54) is 12.4 Å². The number of carbonyl (C=O) groups excluding carboxylic acids is 1. The van der Waals surface area contributed by atoms with Crippen LogP contribution in [0, 0.1) is 0 Å². The average Bonchev–Trinajstić information content (AvgIpc) is 2.75. The van der Waals surface area contributed by atoms with Gasteiger partial charge < -0.3 is 4.74 Å². The van der Waals surface area contributed by atoms with Crippen molar-refractivity contribution in [3.05, 3.63) is 89.5 Å². The fourth-order valence-electron chi connectivity index (χ4n) is 2.09. The molecule has 0 radical (unpaired) electrons. The molecular formula is C20H16ClN5O2. The van der Waals surface area contributed by atoms with E-state index >= 15 is 0 Å². The Bertz CT molecular complexity index is 978. The monoisotopic (exact) mass is 393 g/mol. The van der Waals surface area contributed by atoms with Crippen molar-refractivity contribution in [2.75, 3.05) is 6.61 Å². The number of benzene rings is 1. The molecule has 0 unspecified atom stereocenters. The molecule has 1 amide bonds. The zero-order chi connectivity index (χ0) is 19.6. The lowest BCUT2D eigenvalue weighted by Gasteiger charge is -2.08. The molecule has 0 saturated carbocycles. The number of carbonyl (C=O) groups is 1. The molecule has 1 aromatic carbocycles. The second-order valence-corrected chi connectivity index (χ2v) is 5.88. The summed E-state index contributed by atoms with van der Waals surface area (Å²) in [5.41, 5.74) is 3.68. The Morgan fingerprint density at radius 3 is 2.64 bits per heavy atom. The molecule has 2 heterocycles. The molecule has 3 aromatic rings. The summed E-state index contributed by atoms with van der Waals surface area (Å²) in [6, 6.07) is 13.9. The Hall–Kier alpha value is -3.58. The van der Waals surface area contributed by atoms with E-state index in [2.05, 4.69) is 25.5 Å². The van der Waals surface area contributed by atoms with Gasteiger partial charge in [0.2, 0.25) is 0 Å². The van der Waals surface area contributed by atoms with Gasteiger partial charge in [-0.1, -0.05) is 29.8 Å². The van der Waals surface area contributed by atoms with E-state index in [4.69, 9.17) is 16.3 Å². The lowest BCUT2D eigenvalue weighted by molar-refractivity contribution is 0.0954. The summed E-state index contributed by atoms with van der Waals surface area (Å²) in [4.78, 5) is 24.4. The van der Waals surface area contributed by atoms with Crippen LogP contribution in [0.1, 0.15) is 15.9 Å². The van der Waals surface area contributed by atoms with Crippen LogP contribution in [0.3, 0.4) is 0 Å². The molecule has 0 aliphatic rings. The van der Waals surface area contributed by atoms with Crippen molar-refractivity contribution in [2.24, 2.45) is 10.1 Å². The van der Waals surface area contributed by atoms with Crippen LogP contribution < -0.4 is 10.2 Å². The summed E-state index contributed by atoms with van der Waals surface area (Å²) in [7, 11) is 0. The smallest absolute Gasteiger partial charge is 0.271 e. The highest BCUT2D eigenvalue weighted by atomic mass is 35.5. The minimum Gasteiger partial charge on any atom is -0.484 e. The van der Waals surface area contributed by atoms with Gasteiger partial charge in [-0.15, -0.1) is 0 Å². The predicted octanol–water partition coefficient (Wildman–Crippen LogP) is 3.37. The van der Waals surface area contributed by atoms with Crippen molar-refractivity contribution in [1.29, 1.82) is 0 Å². The number of hydrogen-bond acceptors (Lipinski definition) is 5. The van der Waals surface area contributed by atoms with Crippen LogP contribution in [0.5, 0.6) is 5.75 Å². The van der Waals surface area contributed by atoms with E-state index in [-0.39, 0.29) is 18.3 Å². The molecule has 7 nitrogen and oxygen atoms in total. The van der Waals surface area contributed by atoms with E-state index < -0.39 is 0 Å². The van der Waals surface area contributed by atoms with Crippen LogP contribution in [-0.2, 0) is 0 Å². The van der Waals surface area contributed by atoms with Crippen LogP contribution >= 0.6 is 11.6 Å². The zero-order valence-corrected chi connectivity index (χ0v) is 15.5. The number of halogens is 1. The number of aliphatic imine (C=N–C) groups is 1. The number of nitrogens with one attached hydrogen (secondary N) is 1. The van der Waals surface area contributed by atoms with Gasteiger partial charge in [0.05, 0.1) is 5.02 Å². The molecule has 2 aromatic heterocycles. The summed E-state index contributed by atoms with van der Waals surface area (Å²) in [6.07, 6.45) is 7.97. The number of hydrogen-bond donors (Lipinski definition) is 1. The molecule has 0 saturated heterocycles. The first-order valence-corrected chi connectivity index (χ1v) is 8.68. The van der Waals surface area contributed by atoms with Crippen LogP contribution in [-0.4, -0.2) is 34.5 Å². The third-order valence-electron chi connectivity index (χ3n) is 3.47. The Balaban J connectivity index is 1.74.